The molecule has 27 heavy (non-hydrogen) atoms. The molecular weight excluding hydrogens is 378 g/mol. The number of amides is 1. The lowest BCUT2D eigenvalue weighted by Crippen LogP contribution is -2.31. The molecule has 0 saturated carbocycles. The number of thiophene rings is 1. The van der Waals surface area contributed by atoms with Crippen LogP contribution in [0.4, 0.5) is 0 Å². The molecule has 144 valence electrons. The molecule has 2 fully saturated rings. The number of nitrogens with two attached hydrogens (primary N) is 1. The lowest BCUT2D eigenvalue weighted by molar-refractivity contribution is 0.0795. The SMILES string of the molecule is Cc1cc(-c2ccc(C3CCNCC3)cc2Cl)sc1C(=O)N1CC[C@H](N)C1. The molecule has 2 saturated heterocycles. The van der Waals surface area contributed by atoms with Gasteiger partial charge in [0.15, 0.2) is 0 Å². The van der Waals surface area contributed by atoms with Crippen molar-refractivity contribution in [3.05, 3.63) is 45.3 Å². The summed E-state index contributed by atoms with van der Waals surface area (Å²) in [5.41, 5.74) is 9.31. The molecule has 4 nitrogen and oxygen atoms in total. The van der Waals surface area contributed by atoms with Gasteiger partial charge in [0.2, 0.25) is 0 Å². The van der Waals surface area contributed by atoms with Gasteiger partial charge in [-0.15, -0.1) is 11.3 Å². The lowest BCUT2D eigenvalue weighted by Gasteiger charge is -2.23. The van der Waals surface area contributed by atoms with Crippen LogP contribution in [0, 0.1) is 6.92 Å². The van der Waals surface area contributed by atoms with Gasteiger partial charge in [-0.25, -0.2) is 0 Å². The van der Waals surface area contributed by atoms with E-state index in [-0.39, 0.29) is 11.9 Å². The van der Waals surface area contributed by atoms with E-state index in [0.717, 1.165) is 64.8 Å². The van der Waals surface area contributed by atoms with Crippen LogP contribution < -0.4 is 11.1 Å². The molecular formula is C21H26ClN3OS. The zero-order valence-electron chi connectivity index (χ0n) is 15.6. The van der Waals surface area contributed by atoms with Crippen molar-refractivity contribution in [1.82, 2.24) is 10.2 Å². The topological polar surface area (TPSA) is 58.4 Å². The molecule has 0 bridgehead atoms. The number of hydrogen-bond donors (Lipinski definition) is 2. The lowest BCUT2D eigenvalue weighted by atomic mass is 9.89. The van der Waals surface area contributed by atoms with E-state index in [2.05, 4.69) is 29.6 Å². The van der Waals surface area contributed by atoms with Crippen molar-refractivity contribution in [2.24, 2.45) is 5.73 Å². The number of carbonyl (C=O) groups is 1. The Morgan fingerprint density at radius 2 is 2.04 bits per heavy atom. The fourth-order valence-corrected chi connectivity index (χ4v) is 5.61. The predicted molar refractivity (Wildman–Crippen MR) is 113 cm³/mol. The molecule has 1 amide bonds. The Morgan fingerprint density at radius 1 is 1.26 bits per heavy atom. The summed E-state index contributed by atoms with van der Waals surface area (Å²) in [4.78, 5) is 16.6. The van der Waals surface area contributed by atoms with Crippen molar-refractivity contribution in [2.45, 2.75) is 38.1 Å². The zero-order chi connectivity index (χ0) is 19.0. The molecule has 2 aromatic rings. The maximum Gasteiger partial charge on any atom is 0.264 e. The molecule has 2 aliphatic rings. The number of nitrogens with zero attached hydrogens (tertiary/aromatic N) is 1. The molecule has 1 atom stereocenters. The van der Waals surface area contributed by atoms with Crippen LogP contribution in [0.1, 0.15) is 46.0 Å². The summed E-state index contributed by atoms with van der Waals surface area (Å²) in [6, 6.07) is 8.62. The van der Waals surface area contributed by atoms with Gasteiger partial charge in [-0.1, -0.05) is 23.7 Å². The Bertz CT molecular complexity index is 844. The molecule has 4 rings (SSSR count). The van der Waals surface area contributed by atoms with Gasteiger partial charge in [0.1, 0.15) is 0 Å². The number of aryl methyl sites for hydroxylation is 1. The zero-order valence-corrected chi connectivity index (χ0v) is 17.2. The van der Waals surface area contributed by atoms with E-state index in [1.54, 1.807) is 0 Å². The third-order valence-electron chi connectivity index (χ3n) is 5.69. The summed E-state index contributed by atoms with van der Waals surface area (Å²) >= 11 is 8.19. The van der Waals surface area contributed by atoms with Crippen molar-refractivity contribution < 1.29 is 4.79 Å². The Labute approximate surface area is 169 Å². The van der Waals surface area contributed by atoms with Crippen LogP contribution in [0.3, 0.4) is 0 Å². The van der Waals surface area contributed by atoms with Crippen molar-refractivity contribution in [2.75, 3.05) is 26.2 Å². The molecule has 3 heterocycles. The maximum atomic E-state index is 12.8. The highest BCUT2D eigenvalue weighted by Crippen LogP contribution is 2.38. The number of piperidine rings is 1. The minimum absolute atomic E-state index is 0.0964. The summed E-state index contributed by atoms with van der Waals surface area (Å²) in [5.74, 6) is 0.679. The quantitative estimate of drug-likeness (QED) is 0.813. The van der Waals surface area contributed by atoms with Gasteiger partial charge in [0, 0.05) is 34.6 Å². The average molecular weight is 404 g/mol. The smallest absolute Gasteiger partial charge is 0.264 e. The first-order valence-corrected chi connectivity index (χ1v) is 10.9. The van der Waals surface area contributed by atoms with E-state index in [1.807, 2.05) is 11.8 Å². The van der Waals surface area contributed by atoms with Crippen LogP contribution in [0.2, 0.25) is 5.02 Å². The fourth-order valence-electron chi connectivity index (χ4n) is 4.08. The van der Waals surface area contributed by atoms with Crippen LogP contribution in [-0.2, 0) is 0 Å². The molecule has 0 aliphatic carbocycles. The van der Waals surface area contributed by atoms with Crippen molar-refractivity contribution >= 4 is 28.8 Å². The minimum Gasteiger partial charge on any atom is -0.336 e. The highest BCUT2D eigenvalue weighted by Gasteiger charge is 2.27. The molecule has 6 heteroatoms. The van der Waals surface area contributed by atoms with Gasteiger partial charge in [0.05, 0.1) is 4.88 Å². The Kier molecular flexibility index (Phi) is 5.55. The number of halogens is 1. The standard InChI is InChI=1S/C21H26ClN3OS/c1-13-10-19(27-20(13)21(26)25-9-6-16(23)12-25)17-3-2-15(11-18(17)22)14-4-7-24-8-5-14/h2-3,10-11,14,16,24H,4-9,12,23H2,1H3/t16-/m0/s1. The molecule has 1 aromatic heterocycles. The first kappa shape index (κ1) is 18.9. The molecule has 3 N–H and O–H groups in total. The number of hydrogen-bond acceptors (Lipinski definition) is 4. The summed E-state index contributed by atoms with van der Waals surface area (Å²) in [7, 11) is 0. The Hall–Kier alpha value is -1.40. The van der Waals surface area contributed by atoms with Gasteiger partial charge in [-0.2, -0.15) is 0 Å². The fraction of sp³-hybridized carbons (Fsp3) is 0.476. The van der Waals surface area contributed by atoms with E-state index in [9.17, 15) is 4.79 Å². The first-order valence-electron chi connectivity index (χ1n) is 9.68. The highest BCUT2D eigenvalue weighted by atomic mass is 35.5. The molecule has 2 aliphatic heterocycles. The summed E-state index contributed by atoms with van der Waals surface area (Å²) in [6.45, 7) is 5.54. The normalized spacial score (nSPS) is 21.0. The van der Waals surface area contributed by atoms with Crippen LogP contribution in [-0.4, -0.2) is 43.0 Å². The van der Waals surface area contributed by atoms with Crippen LogP contribution in [0.15, 0.2) is 24.3 Å². The number of likely N-dealkylation sites (tertiary alicyclic amines) is 1. The first-order chi connectivity index (χ1) is 13.0. The van der Waals surface area contributed by atoms with Crippen LogP contribution in [0.5, 0.6) is 0 Å². The number of benzene rings is 1. The Balaban J connectivity index is 1.57. The van der Waals surface area contributed by atoms with Crippen molar-refractivity contribution in [3.63, 3.8) is 0 Å². The van der Waals surface area contributed by atoms with E-state index in [4.69, 9.17) is 17.3 Å². The second-order valence-corrected chi connectivity index (χ2v) is 9.15. The van der Waals surface area contributed by atoms with Crippen molar-refractivity contribution in [1.29, 1.82) is 0 Å². The van der Waals surface area contributed by atoms with E-state index >= 15 is 0 Å². The maximum absolute atomic E-state index is 12.8. The summed E-state index contributed by atoms with van der Waals surface area (Å²) in [5, 5.41) is 4.18. The third kappa shape index (κ3) is 3.92. The van der Waals surface area contributed by atoms with E-state index in [1.165, 1.54) is 16.9 Å². The van der Waals surface area contributed by atoms with Gasteiger partial charge in [-0.05, 0) is 68.5 Å². The monoisotopic (exact) mass is 403 g/mol. The molecule has 0 spiro atoms. The number of rotatable bonds is 3. The van der Waals surface area contributed by atoms with Gasteiger partial charge >= 0.3 is 0 Å². The average Bonchev–Trinajstić information content (AvgIpc) is 3.27. The van der Waals surface area contributed by atoms with Crippen LogP contribution in [0.25, 0.3) is 10.4 Å². The second kappa shape index (κ2) is 7.92. The van der Waals surface area contributed by atoms with E-state index < -0.39 is 0 Å². The molecule has 0 unspecified atom stereocenters. The van der Waals surface area contributed by atoms with E-state index in [0.29, 0.717) is 12.5 Å². The van der Waals surface area contributed by atoms with Gasteiger partial charge in [-0.3, -0.25) is 4.79 Å². The number of nitrogens with one attached hydrogen (secondary N) is 1. The molecule has 0 radical (unpaired) electrons. The minimum atomic E-state index is 0.0964. The van der Waals surface area contributed by atoms with Gasteiger partial charge in [0.25, 0.3) is 5.91 Å². The summed E-state index contributed by atoms with van der Waals surface area (Å²) in [6.07, 6.45) is 3.20. The third-order valence-corrected chi connectivity index (χ3v) is 7.26. The van der Waals surface area contributed by atoms with Gasteiger partial charge < -0.3 is 16.0 Å². The van der Waals surface area contributed by atoms with Crippen molar-refractivity contribution in [3.8, 4) is 10.4 Å². The second-order valence-electron chi connectivity index (χ2n) is 7.69. The molecule has 1 aromatic carbocycles. The summed E-state index contributed by atoms with van der Waals surface area (Å²) < 4.78 is 0. The highest BCUT2D eigenvalue weighted by molar-refractivity contribution is 7.17. The number of carbonyl (C=O) groups excluding carboxylic acids is 1. The largest absolute Gasteiger partial charge is 0.336 e. The predicted octanol–water partition coefficient (Wildman–Crippen LogP) is 4.02. The Morgan fingerprint density at radius 3 is 2.70 bits per heavy atom. The van der Waals surface area contributed by atoms with Crippen LogP contribution >= 0.6 is 22.9 Å².